The van der Waals surface area contributed by atoms with E-state index in [1.807, 2.05) is 18.2 Å². The topological polar surface area (TPSA) is 58.1 Å². The van der Waals surface area contributed by atoms with Crippen LogP contribution in [0.1, 0.15) is 26.7 Å². The molecule has 2 N–H and O–H groups in total. The fourth-order valence-corrected chi connectivity index (χ4v) is 2.95. The summed E-state index contributed by atoms with van der Waals surface area (Å²) in [5.74, 6) is 3.07. The van der Waals surface area contributed by atoms with Crippen LogP contribution < -0.4 is 20.1 Å². The molecule has 2 rings (SSSR count). The molecule has 0 radical (unpaired) electrons. The smallest absolute Gasteiger partial charge is 0.195 e. The van der Waals surface area contributed by atoms with Crippen molar-refractivity contribution >= 4 is 11.6 Å². The number of hydrogen-bond donors (Lipinski definition) is 2. The summed E-state index contributed by atoms with van der Waals surface area (Å²) in [7, 11) is 3.28. The van der Waals surface area contributed by atoms with Crippen LogP contribution in [0.15, 0.2) is 23.2 Å². The van der Waals surface area contributed by atoms with Gasteiger partial charge in [-0.3, -0.25) is 4.99 Å². The van der Waals surface area contributed by atoms with Gasteiger partial charge in [0.2, 0.25) is 0 Å². The highest BCUT2D eigenvalue weighted by molar-refractivity contribution is 5.93. The first-order valence-corrected chi connectivity index (χ1v) is 9.16. The molecule has 6 heteroatoms. The van der Waals surface area contributed by atoms with E-state index in [2.05, 4.69) is 29.4 Å². The van der Waals surface area contributed by atoms with E-state index in [1.54, 1.807) is 14.2 Å². The van der Waals surface area contributed by atoms with Crippen molar-refractivity contribution in [2.75, 3.05) is 52.3 Å². The van der Waals surface area contributed by atoms with Crippen LogP contribution in [-0.4, -0.2) is 57.8 Å². The van der Waals surface area contributed by atoms with Gasteiger partial charge < -0.3 is 25.0 Å². The molecule has 140 valence electrons. The lowest BCUT2D eigenvalue weighted by atomic mass is 9.99. The number of nitrogens with one attached hydrogen (secondary N) is 2. The van der Waals surface area contributed by atoms with E-state index in [4.69, 9.17) is 14.5 Å². The second-order valence-electron chi connectivity index (χ2n) is 6.48. The van der Waals surface area contributed by atoms with Crippen molar-refractivity contribution in [2.24, 2.45) is 10.9 Å². The Kier molecular flexibility index (Phi) is 7.85. The molecular formula is C19H32N4O2. The Morgan fingerprint density at radius 2 is 1.92 bits per heavy atom. The lowest BCUT2D eigenvalue weighted by Crippen LogP contribution is -2.36. The summed E-state index contributed by atoms with van der Waals surface area (Å²) in [5, 5.41) is 6.63. The zero-order chi connectivity index (χ0) is 18.1. The molecule has 1 aromatic rings. The predicted molar refractivity (Wildman–Crippen MR) is 104 cm³/mol. The van der Waals surface area contributed by atoms with Gasteiger partial charge >= 0.3 is 0 Å². The maximum absolute atomic E-state index is 5.36. The normalized spacial score (nSPS) is 16.6. The second kappa shape index (κ2) is 10.1. The van der Waals surface area contributed by atoms with Crippen LogP contribution in [0.2, 0.25) is 0 Å². The first kappa shape index (κ1) is 19.4. The number of methoxy groups -OCH3 is 2. The number of benzene rings is 1. The minimum Gasteiger partial charge on any atom is -0.493 e. The fourth-order valence-electron chi connectivity index (χ4n) is 2.95. The lowest BCUT2D eigenvalue weighted by molar-refractivity contribution is 0.197. The van der Waals surface area contributed by atoms with Crippen molar-refractivity contribution in [3.8, 4) is 11.5 Å². The first-order chi connectivity index (χ1) is 12.2. The fraction of sp³-hybridized carbons (Fsp3) is 0.632. The molecule has 1 heterocycles. The van der Waals surface area contributed by atoms with Crippen LogP contribution in [0.25, 0.3) is 0 Å². The number of rotatable bonds is 7. The van der Waals surface area contributed by atoms with Gasteiger partial charge in [-0.15, -0.1) is 0 Å². The monoisotopic (exact) mass is 348 g/mol. The summed E-state index contributed by atoms with van der Waals surface area (Å²) >= 11 is 0. The molecule has 6 nitrogen and oxygen atoms in total. The van der Waals surface area contributed by atoms with E-state index < -0.39 is 0 Å². The van der Waals surface area contributed by atoms with Crippen molar-refractivity contribution in [3.63, 3.8) is 0 Å². The van der Waals surface area contributed by atoms with Gasteiger partial charge in [-0.1, -0.05) is 6.92 Å². The molecular weight excluding hydrogens is 316 g/mol. The first-order valence-electron chi connectivity index (χ1n) is 9.16. The zero-order valence-corrected chi connectivity index (χ0v) is 16.0. The van der Waals surface area contributed by atoms with E-state index in [-0.39, 0.29) is 0 Å². The average molecular weight is 348 g/mol. The van der Waals surface area contributed by atoms with Crippen LogP contribution >= 0.6 is 0 Å². The summed E-state index contributed by atoms with van der Waals surface area (Å²) in [6, 6.07) is 5.76. The zero-order valence-electron chi connectivity index (χ0n) is 16.0. The van der Waals surface area contributed by atoms with Crippen LogP contribution in [0.4, 0.5) is 5.69 Å². The molecule has 0 atom stereocenters. The van der Waals surface area contributed by atoms with Gasteiger partial charge in [0.25, 0.3) is 0 Å². The molecule has 1 aliphatic rings. The summed E-state index contributed by atoms with van der Waals surface area (Å²) in [4.78, 5) is 7.20. The number of aliphatic imine (C=N–C) groups is 1. The van der Waals surface area contributed by atoms with Crippen molar-refractivity contribution in [1.29, 1.82) is 0 Å². The van der Waals surface area contributed by atoms with Crippen molar-refractivity contribution in [1.82, 2.24) is 10.2 Å². The largest absolute Gasteiger partial charge is 0.493 e. The molecule has 1 saturated heterocycles. The number of ether oxygens (including phenoxy) is 2. The highest BCUT2D eigenvalue weighted by atomic mass is 16.5. The Hall–Kier alpha value is -1.95. The Bertz CT molecular complexity index is 554. The number of guanidine groups is 1. The molecule has 0 unspecified atom stereocenters. The van der Waals surface area contributed by atoms with E-state index in [0.29, 0.717) is 11.5 Å². The van der Waals surface area contributed by atoms with E-state index in [1.165, 1.54) is 25.9 Å². The molecule has 0 spiro atoms. The molecule has 1 fully saturated rings. The number of nitrogens with zero attached hydrogens (tertiary/aromatic N) is 2. The van der Waals surface area contributed by atoms with Gasteiger partial charge in [0.15, 0.2) is 17.5 Å². The van der Waals surface area contributed by atoms with Gasteiger partial charge in [-0.05, 0) is 50.9 Å². The third kappa shape index (κ3) is 6.12. The highest BCUT2D eigenvalue weighted by Gasteiger charge is 2.14. The third-order valence-corrected chi connectivity index (χ3v) is 4.55. The summed E-state index contributed by atoms with van der Waals surface area (Å²) in [5.41, 5.74) is 0.921. The molecule has 25 heavy (non-hydrogen) atoms. The Morgan fingerprint density at radius 3 is 2.56 bits per heavy atom. The van der Waals surface area contributed by atoms with Crippen LogP contribution in [0, 0.1) is 5.92 Å². The van der Waals surface area contributed by atoms with Crippen molar-refractivity contribution < 1.29 is 9.47 Å². The molecule has 1 aliphatic heterocycles. The van der Waals surface area contributed by atoms with Gasteiger partial charge in [-0.2, -0.15) is 0 Å². The Labute approximate surface area is 151 Å². The van der Waals surface area contributed by atoms with E-state index in [0.717, 1.165) is 37.2 Å². The molecule has 0 aliphatic carbocycles. The number of piperidine rings is 1. The maximum Gasteiger partial charge on any atom is 0.195 e. The molecule has 0 aromatic heterocycles. The maximum atomic E-state index is 5.36. The van der Waals surface area contributed by atoms with Crippen LogP contribution in [0.5, 0.6) is 11.5 Å². The van der Waals surface area contributed by atoms with Crippen molar-refractivity contribution in [3.05, 3.63) is 18.2 Å². The van der Waals surface area contributed by atoms with Crippen LogP contribution in [-0.2, 0) is 0 Å². The van der Waals surface area contributed by atoms with Crippen LogP contribution in [0.3, 0.4) is 0 Å². The summed E-state index contributed by atoms with van der Waals surface area (Å²) in [6.45, 7) is 9.41. The predicted octanol–water partition coefficient (Wildman–Crippen LogP) is 2.81. The molecule has 0 amide bonds. The quantitative estimate of drug-likeness (QED) is 0.586. The number of anilines is 1. The summed E-state index contributed by atoms with van der Waals surface area (Å²) < 4.78 is 10.6. The SMILES string of the molecule is CCNC(=NCCN1CCC(C)CC1)Nc1ccc(OC)c(OC)c1. The van der Waals surface area contributed by atoms with Gasteiger partial charge in [0.05, 0.1) is 20.8 Å². The Balaban J connectivity index is 1.93. The van der Waals surface area contributed by atoms with Gasteiger partial charge in [0.1, 0.15) is 0 Å². The lowest BCUT2D eigenvalue weighted by Gasteiger charge is -2.29. The average Bonchev–Trinajstić information content (AvgIpc) is 2.63. The summed E-state index contributed by atoms with van der Waals surface area (Å²) in [6.07, 6.45) is 2.60. The number of hydrogen-bond acceptors (Lipinski definition) is 4. The van der Waals surface area contributed by atoms with Gasteiger partial charge in [-0.25, -0.2) is 0 Å². The van der Waals surface area contributed by atoms with Crippen molar-refractivity contribution in [2.45, 2.75) is 26.7 Å². The standard InChI is InChI=1S/C19H32N4O2/c1-5-20-19(21-10-13-23-11-8-15(2)9-12-23)22-16-6-7-17(24-3)18(14-16)25-4/h6-7,14-15H,5,8-13H2,1-4H3,(H2,20,21,22). The third-order valence-electron chi connectivity index (χ3n) is 4.55. The second-order valence-corrected chi connectivity index (χ2v) is 6.48. The minimum absolute atomic E-state index is 0.700. The Morgan fingerprint density at radius 1 is 1.20 bits per heavy atom. The minimum atomic E-state index is 0.700. The van der Waals surface area contributed by atoms with Gasteiger partial charge in [0, 0.05) is 24.8 Å². The molecule has 0 saturated carbocycles. The van der Waals surface area contributed by atoms with E-state index >= 15 is 0 Å². The highest BCUT2D eigenvalue weighted by Crippen LogP contribution is 2.29. The number of likely N-dealkylation sites (tertiary alicyclic amines) is 1. The van der Waals surface area contributed by atoms with E-state index in [9.17, 15) is 0 Å². The molecule has 0 bridgehead atoms. The molecule has 1 aromatic carbocycles.